The fourth-order valence-electron chi connectivity index (χ4n) is 5.30. The zero-order valence-corrected chi connectivity index (χ0v) is 23.1. The second kappa shape index (κ2) is 11.2. The number of phenols is 1. The van der Waals surface area contributed by atoms with Crippen LogP contribution >= 0.6 is 15.9 Å². The summed E-state index contributed by atoms with van der Waals surface area (Å²) in [6.45, 7) is 3.10. The first kappa shape index (κ1) is 26.3. The average Bonchev–Trinajstić information content (AvgIpc) is 3.21. The molecule has 1 unspecified atom stereocenters. The van der Waals surface area contributed by atoms with Crippen molar-refractivity contribution in [1.29, 1.82) is 0 Å². The van der Waals surface area contributed by atoms with E-state index in [1.54, 1.807) is 6.92 Å². The largest absolute Gasteiger partial charge is 0.506 e. The lowest BCUT2D eigenvalue weighted by atomic mass is 9.93. The molecule has 8 heteroatoms. The summed E-state index contributed by atoms with van der Waals surface area (Å²) in [7, 11) is 1.88. The summed E-state index contributed by atoms with van der Waals surface area (Å²) < 4.78 is 14.0. The molecule has 0 bridgehead atoms. The van der Waals surface area contributed by atoms with Crippen LogP contribution in [0.2, 0.25) is 0 Å². The van der Waals surface area contributed by atoms with Crippen LogP contribution in [0, 0.1) is 0 Å². The van der Waals surface area contributed by atoms with E-state index in [-0.39, 0.29) is 31.6 Å². The van der Waals surface area contributed by atoms with Gasteiger partial charge in [-0.3, -0.25) is 4.90 Å². The van der Waals surface area contributed by atoms with Crippen LogP contribution in [-0.4, -0.2) is 44.9 Å². The molecule has 38 heavy (non-hydrogen) atoms. The van der Waals surface area contributed by atoms with Gasteiger partial charge in [0.25, 0.3) is 0 Å². The Kier molecular flexibility index (Phi) is 7.74. The topological polar surface area (TPSA) is 84.2 Å². The van der Waals surface area contributed by atoms with Crippen LogP contribution in [0.1, 0.15) is 39.7 Å². The SMILES string of the molecule is CCOC(=O)c1c(COc2ccccc2)n(C)c2cc(Br)c(O)c(CN3Cc4ccccc4CC3CO)c12. The molecule has 0 fully saturated rings. The van der Waals surface area contributed by atoms with Crippen molar-refractivity contribution in [3.05, 3.63) is 93.1 Å². The van der Waals surface area contributed by atoms with E-state index in [9.17, 15) is 15.0 Å². The highest BCUT2D eigenvalue weighted by atomic mass is 79.9. The minimum absolute atomic E-state index is 0.0120. The number of hydrogen-bond donors (Lipinski definition) is 2. The van der Waals surface area contributed by atoms with E-state index in [2.05, 4.69) is 33.0 Å². The molecule has 5 rings (SSSR count). The highest BCUT2D eigenvalue weighted by Crippen LogP contribution is 2.41. The Balaban J connectivity index is 1.63. The quantitative estimate of drug-likeness (QED) is 0.275. The first-order valence-corrected chi connectivity index (χ1v) is 13.5. The molecule has 2 heterocycles. The smallest absolute Gasteiger partial charge is 0.340 e. The van der Waals surface area contributed by atoms with Crippen molar-refractivity contribution in [2.45, 2.75) is 39.1 Å². The van der Waals surface area contributed by atoms with Crippen molar-refractivity contribution >= 4 is 32.8 Å². The zero-order chi connectivity index (χ0) is 26.8. The maximum absolute atomic E-state index is 13.4. The van der Waals surface area contributed by atoms with Gasteiger partial charge in [-0.1, -0.05) is 42.5 Å². The molecule has 2 N–H and O–H groups in total. The maximum atomic E-state index is 13.4. The fraction of sp³-hybridized carbons (Fsp3) is 0.300. The molecule has 7 nitrogen and oxygen atoms in total. The molecule has 198 valence electrons. The maximum Gasteiger partial charge on any atom is 0.340 e. The molecule has 0 saturated heterocycles. The summed E-state index contributed by atoms with van der Waals surface area (Å²) in [5.74, 6) is 0.296. The first-order chi connectivity index (χ1) is 18.4. The van der Waals surface area contributed by atoms with E-state index in [4.69, 9.17) is 9.47 Å². The molecule has 0 amide bonds. The van der Waals surface area contributed by atoms with E-state index in [1.165, 1.54) is 11.1 Å². The molecule has 1 aliphatic heterocycles. The van der Waals surface area contributed by atoms with E-state index >= 15 is 0 Å². The Morgan fingerprint density at radius 3 is 2.53 bits per heavy atom. The van der Waals surface area contributed by atoms with Crippen molar-refractivity contribution in [2.24, 2.45) is 7.05 Å². The first-order valence-electron chi connectivity index (χ1n) is 12.7. The lowest BCUT2D eigenvalue weighted by Gasteiger charge is -2.36. The number of rotatable bonds is 8. The van der Waals surface area contributed by atoms with Gasteiger partial charge in [-0.2, -0.15) is 0 Å². The van der Waals surface area contributed by atoms with Gasteiger partial charge in [0.15, 0.2) is 0 Å². The van der Waals surface area contributed by atoms with Gasteiger partial charge in [0, 0.05) is 37.1 Å². The summed E-state index contributed by atoms with van der Waals surface area (Å²) in [4.78, 5) is 15.5. The van der Waals surface area contributed by atoms with Gasteiger partial charge in [0.2, 0.25) is 0 Å². The van der Waals surface area contributed by atoms with Crippen LogP contribution in [0.15, 0.2) is 65.1 Å². The third-order valence-electron chi connectivity index (χ3n) is 7.27. The minimum Gasteiger partial charge on any atom is -0.506 e. The minimum atomic E-state index is -0.463. The average molecular weight is 579 g/mol. The third-order valence-corrected chi connectivity index (χ3v) is 7.88. The number of carbonyl (C=O) groups is 1. The molecule has 3 aromatic carbocycles. The number of para-hydroxylation sites is 1. The van der Waals surface area contributed by atoms with Crippen LogP contribution in [0.4, 0.5) is 0 Å². The van der Waals surface area contributed by atoms with Gasteiger partial charge in [-0.15, -0.1) is 0 Å². The summed E-state index contributed by atoms with van der Waals surface area (Å²) >= 11 is 3.52. The summed E-state index contributed by atoms with van der Waals surface area (Å²) in [5, 5.41) is 22.2. The normalized spacial score (nSPS) is 15.4. The molecule has 0 spiro atoms. The molecule has 0 aliphatic carbocycles. The summed E-state index contributed by atoms with van der Waals surface area (Å²) in [5.41, 5.74) is 4.84. The zero-order valence-electron chi connectivity index (χ0n) is 21.5. The van der Waals surface area contributed by atoms with Gasteiger partial charge in [-0.25, -0.2) is 4.79 Å². The molecule has 1 aliphatic rings. The highest BCUT2D eigenvalue weighted by molar-refractivity contribution is 9.10. The van der Waals surface area contributed by atoms with Crippen LogP contribution in [-0.2, 0) is 37.9 Å². The number of aliphatic hydroxyl groups is 1. The number of hydrogen-bond acceptors (Lipinski definition) is 6. The number of aliphatic hydroxyl groups excluding tert-OH is 1. The lowest BCUT2D eigenvalue weighted by Crippen LogP contribution is -2.42. The monoisotopic (exact) mass is 578 g/mol. The van der Waals surface area contributed by atoms with Crippen molar-refractivity contribution in [3.8, 4) is 11.5 Å². The Morgan fingerprint density at radius 2 is 1.82 bits per heavy atom. The molecule has 0 radical (unpaired) electrons. The Morgan fingerprint density at radius 1 is 1.11 bits per heavy atom. The summed E-state index contributed by atoms with van der Waals surface area (Å²) in [6.07, 6.45) is 0.709. The Hall–Kier alpha value is -3.33. The van der Waals surface area contributed by atoms with Gasteiger partial charge in [0.05, 0.1) is 34.5 Å². The number of halogens is 1. The molecular formula is C30H31BrN2O5. The second-order valence-corrected chi connectivity index (χ2v) is 10.4. The number of carbonyl (C=O) groups excluding carboxylic acids is 1. The number of esters is 1. The van der Waals surface area contributed by atoms with Crippen LogP contribution < -0.4 is 4.74 Å². The van der Waals surface area contributed by atoms with Crippen LogP contribution in [0.3, 0.4) is 0 Å². The van der Waals surface area contributed by atoms with Crippen molar-refractivity contribution in [2.75, 3.05) is 13.2 Å². The van der Waals surface area contributed by atoms with E-state index in [0.717, 1.165) is 5.52 Å². The number of ether oxygens (including phenoxy) is 2. The van der Waals surface area contributed by atoms with Gasteiger partial charge >= 0.3 is 5.97 Å². The van der Waals surface area contributed by atoms with Gasteiger partial charge in [0.1, 0.15) is 18.1 Å². The van der Waals surface area contributed by atoms with E-state index < -0.39 is 5.97 Å². The fourth-order valence-corrected chi connectivity index (χ4v) is 5.76. The predicted octanol–water partition coefficient (Wildman–Crippen LogP) is 5.32. The van der Waals surface area contributed by atoms with E-state index in [0.29, 0.717) is 51.9 Å². The number of fused-ring (bicyclic) bond motifs is 2. The van der Waals surface area contributed by atoms with Gasteiger partial charge < -0.3 is 24.3 Å². The standard InChI is InChI=1S/C30H31BrN2O5/c1-3-37-30(36)28-26(18-38-22-11-5-4-6-12-22)32(2)25-14-24(31)29(35)23(27(25)28)16-33-15-20-10-8-7-9-19(20)13-21(33)17-34/h4-12,14,21,34-35H,3,13,15-18H2,1-2H3. The van der Waals surface area contributed by atoms with Gasteiger partial charge in [-0.05, 0) is 58.6 Å². The number of phenolic OH excluding ortho intramolecular Hbond substituents is 1. The van der Waals surface area contributed by atoms with Crippen LogP contribution in [0.25, 0.3) is 10.9 Å². The second-order valence-electron chi connectivity index (χ2n) is 9.50. The highest BCUT2D eigenvalue weighted by Gasteiger charge is 2.31. The summed E-state index contributed by atoms with van der Waals surface area (Å²) in [6, 6.07) is 19.4. The molecular weight excluding hydrogens is 548 g/mol. The number of aromatic nitrogens is 1. The van der Waals surface area contributed by atoms with Crippen LogP contribution in [0.5, 0.6) is 11.5 Å². The number of aryl methyl sites for hydroxylation is 1. The lowest BCUT2D eigenvalue weighted by molar-refractivity contribution is 0.0525. The molecule has 1 aromatic heterocycles. The van der Waals surface area contributed by atoms with Crippen molar-refractivity contribution in [1.82, 2.24) is 9.47 Å². The number of benzene rings is 3. The molecule has 4 aromatic rings. The van der Waals surface area contributed by atoms with Crippen molar-refractivity contribution < 1.29 is 24.5 Å². The van der Waals surface area contributed by atoms with Crippen molar-refractivity contribution in [3.63, 3.8) is 0 Å². The molecule has 1 atom stereocenters. The molecule has 0 saturated carbocycles. The third kappa shape index (κ3) is 4.91. The van der Waals surface area contributed by atoms with E-state index in [1.807, 2.05) is 60.1 Å². The predicted molar refractivity (Wildman–Crippen MR) is 149 cm³/mol. The Bertz CT molecular complexity index is 1470. The Labute approximate surface area is 230 Å². The number of aromatic hydroxyl groups is 1. The number of nitrogens with zero attached hydrogens (tertiary/aromatic N) is 2.